The van der Waals surface area contributed by atoms with Gasteiger partial charge in [-0.05, 0) is 43.7 Å². The van der Waals surface area contributed by atoms with Crippen LogP contribution in [0, 0.1) is 18.8 Å². The summed E-state index contributed by atoms with van der Waals surface area (Å²) in [4.78, 5) is 37.3. The van der Waals surface area contributed by atoms with E-state index < -0.39 is 51.9 Å². The molecule has 28 heavy (non-hydrogen) atoms. The third kappa shape index (κ3) is 2.16. The molecule has 0 aliphatic heterocycles. The van der Waals surface area contributed by atoms with Crippen LogP contribution >= 0.6 is 0 Å². The molecule has 1 fully saturated rings. The highest BCUT2D eigenvalue weighted by atomic mass is 16.3. The molecule has 0 saturated heterocycles. The van der Waals surface area contributed by atoms with E-state index in [9.17, 15) is 34.8 Å². The molecule has 4 N–H and O–H groups in total. The fourth-order valence-corrected chi connectivity index (χ4v) is 4.81. The van der Waals surface area contributed by atoms with E-state index in [4.69, 9.17) is 0 Å². The highest BCUT2D eigenvalue weighted by Crippen LogP contribution is 2.52. The average molecular weight is 384 g/mol. The number of hydrogen-bond acceptors (Lipinski definition) is 7. The molecule has 1 aromatic rings. The monoisotopic (exact) mass is 384 g/mol. The van der Waals surface area contributed by atoms with E-state index in [1.54, 1.807) is 19.1 Å². The van der Waals surface area contributed by atoms with Gasteiger partial charge in [0.05, 0.1) is 5.56 Å². The largest absolute Gasteiger partial charge is 0.508 e. The zero-order chi connectivity index (χ0) is 20.5. The summed E-state index contributed by atoms with van der Waals surface area (Å²) in [6, 6.07) is 3.48. The van der Waals surface area contributed by atoms with Gasteiger partial charge in [-0.1, -0.05) is 12.1 Å². The Kier molecular flexibility index (Phi) is 3.81. The van der Waals surface area contributed by atoms with Crippen LogP contribution in [0.15, 0.2) is 29.0 Å². The number of hydrogen-bond donors (Lipinski definition) is 4. The number of rotatable bonds is 1. The van der Waals surface area contributed by atoms with Gasteiger partial charge in [0, 0.05) is 17.9 Å². The predicted octanol–water partition coefficient (Wildman–Crippen LogP) is 1.84. The maximum absolute atomic E-state index is 13.3. The van der Waals surface area contributed by atoms with Crippen molar-refractivity contribution in [2.45, 2.75) is 38.7 Å². The highest BCUT2D eigenvalue weighted by molar-refractivity contribution is 6.23. The summed E-state index contributed by atoms with van der Waals surface area (Å²) in [5.41, 5.74) is -1.76. The van der Waals surface area contributed by atoms with Crippen LogP contribution in [-0.2, 0) is 20.8 Å². The van der Waals surface area contributed by atoms with Crippen molar-refractivity contribution in [2.75, 3.05) is 0 Å². The molecule has 1 saturated carbocycles. The molecular weight excluding hydrogens is 364 g/mol. The molecule has 146 valence electrons. The first kappa shape index (κ1) is 18.4. The van der Waals surface area contributed by atoms with Gasteiger partial charge in [-0.3, -0.25) is 14.4 Å². The van der Waals surface area contributed by atoms with Crippen molar-refractivity contribution in [1.29, 1.82) is 0 Å². The zero-order valence-electron chi connectivity index (χ0n) is 15.4. The molecule has 3 aliphatic rings. The van der Waals surface area contributed by atoms with E-state index in [1.165, 1.54) is 0 Å². The average Bonchev–Trinajstić information content (AvgIpc) is 2.61. The fraction of sp³-hybridized carbons (Fsp3) is 0.381. The van der Waals surface area contributed by atoms with Gasteiger partial charge in [-0.15, -0.1) is 0 Å². The molecular formula is C21H20O7. The third-order valence-corrected chi connectivity index (χ3v) is 6.24. The molecule has 0 radical (unpaired) electrons. The third-order valence-electron chi connectivity index (χ3n) is 6.24. The van der Waals surface area contributed by atoms with Crippen molar-refractivity contribution in [2.24, 2.45) is 11.8 Å². The Bertz CT molecular complexity index is 1030. The number of ketones is 3. The minimum atomic E-state index is -2.44. The van der Waals surface area contributed by atoms with Crippen molar-refractivity contribution in [3.63, 3.8) is 0 Å². The lowest BCUT2D eigenvalue weighted by atomic mass is 9.59. The number of aliphatic hydroxyl groups is 3. The Labute approximate surface area is 160 Å². The quantitative estimate of drug-likeness (QED) is 0.543. The van der Waals surface area contributed by atoms with E-state index in [-0.39, 0.29) is 29.7 Å². The van der Waals surface area contributed by atoms with Gasteiger partial charge < -0.3 is 20.4 Å². The van der Waals surface area contributed by atoms with Crippen molar-refractivity contribution >= 4 is 23.1 Å². The molecule has 0 bridgehead atoms. The summed E-state index contributed by atoms with van der Waals surface area (Å²) >= 11 is 0. The number of Topliss-reactive ketones (excluding diaryl/α,β-unsaturated/α-hetero) is 3. The number of aliphatic hydroxyl groups excluding tert-OH is 2. The standard InChI is InChI=1S/C21H20O7/c1-8-3-4-10-5-11-6-12-7-13(23)14(9(2)22)19(26)21(12,28)20(27)16(11)18(25)15(10)17(8)24/h3-4,11-12,24-26,28H,5-7H2,1-2H3/t11-,12-,21+/m1/s1. The number of aryl methyl sites for hydroxylation is 1. The number of fused-ring (bicyclic) bond motifs is 3. The van der Waals surface area contributed by atoms with E-state index in [0.29, 0.717) is 17.5 Å². The van der Waals surface area contributed by atoms with Gasteiger partial charge >= 0.3 is 0 Å². The Morgan fingerprint density at radius 2 is 1.82 bits per heavy atom. The number of carbonyl (C=O) groups is 3. The van der Waals surface area contributed by atoms with Crippen LogP contribution in [0.3, 0.4) is 0 Å². The van der Waals surface area contributed by atoms with Crippen molar-refractivity contribution < 1.29 is 34.8 Å². The molecule has 0 unspecified atom stereocenters. The van der Waals surface area contributed by atoms with Gasteiger partial charge in [-0.25, -0.2) is 0 Å². The van der Waals surface area contributed by atoms with E-state index in [2.05, 4.69) is 0 Å². The summed E-state index contributed by atoms with van der Waals surface area (Å²) in [5.74, 6) is -5.14. The zero-order valence-corrected chi connectivity index (χ0v) is 15.4. The van der Waals surface area contributed by atoms with Crippen LogP contribution in [0.4, 0.5) is 0 Å². The van der Waals surface area contributed by atoms with Crippen molar-refractivity contribution in [1.82, 2.24) is 0 Å². The number of phenolic OH excluding ortho intramolecular Hbond substituents is 1. The molecule has 3 atom stereocenters. The molecule has 0 aromatic heterocycles. The summed E-state index contributed by atoms with van der Waals surface area (Å²) < 4.78 is 0. The fourth-order valence-electron chi connectivity index (χ4n) is 4.81. The molecule has 4 rings (SSSR count). The van der Waals surface area contributed by atoms with Gasteiger partial charge in [0.2, 0.25) is 5.78 Å². The molecule has 0 heterocycles. The molecule has 3 aliphatic carbocycles. The van der Waals surface area contributed by atoms with Gasteiger partial charge in [0.1, 0.15) is 22.8 Å². The number of aromatic hydroxyl groups is 1. The molecule has 7 nitrogen and oxygen atoms in total. The highest BCUT2D eigenvalue weighted by Gasteiger charge is 2.60. The Hall–Kier alpha value is -2.93. The van der Waals surface area contributed by atoms with Crippen LogP contribution in [0.1, 0.15) is 36.5 Å². The molecule has 0 amide bonds. The lowest BCUT2D eigenvalue weighted by molar-refractivity contribution is -0.147. The van der Waals surface area contributed by atoms with Crippen LogP contribution in [0.25, 0.3) is 5.76 Å². The molecule has 7 heteroatoms. The lowest BCUT2D eigenvalue weighted by Gasteiger charge is -2.46. The Morgan fingerprint density at radius 3 is 2.46 bits per heavy atom. The second kappa shape index (κ2) is 5.78. The van der Waals surface area contributed by atoms with Crippen LogP contribution in [0.5, 0.6) is 5.75 Å². The molecule has 1 aromatic carbocycles. The Morgan fingerprint density at radius 1 is 1.14 bits per heavy atom. The smallest absolute Gasteiger partial charge is 0.202 e. The summed E-state index contributed by atoms with van der Waals surface area (Å²) in [5, 5.41) is 42.8. The number of phenols is 1. The van der Waals surface area contributed by atoms with Crippen molar-refractivity contribution in [3.8, 4) is 5.75 Å². The number of allylic oxidation sites excluding steroid dienone is 1. The maximum atomic E-state index is 13.3. The minimum Gasteiger partial charge on any atom is -0.508 e. The summed E-state index contributed by atoms with van der Waals surface area (Å²) in [6.07, 6.45) is 0.285. The topological polar surface area (TPSA) is 132 Å². The second-order valence-electron chi connectivity index (χ2n) is 7.86. The summed E-state index contributed by atoms with van der Waals surface area (Å²) in [7, 11) is 0. The first-order valence-corrected chi connectivity index (χ1v) is 9.08. The minimum absolute atomic E-state index is 0.0871. The van der Waals surface area contributed by atoms with Crippen LogP contribution in [-0.4, -0.2) is 43.4 Å². The first-order chi connectivity index (χ1) is 13.1. The normalized spacial score (nSPS) is 29.4. The van der Waals surface area contributed by atoms with E-state index in [0.717, 1.165) is 6.92 Å². The van der Waals surface area contributed by atoms with Gasteiger partial charge in [0.25, 0.3) is 0 Å². The van der Waals surface area contributed by atoms with Crippen LogP contribution in [0.2, 0.25) is 0 Å². The van der Waals surface area contributed by atoms with Crippen molar-refractivity contribution in [3.05, 3.63) is 45.7 Å². The predicted molar refractivity (Wildman–Crippen MR) is 97.6 cm³/mol. The second-order valence-corrected chi connectivity index (χ2v) is 7.86. The maximum Gasteiger partial charge on any atom is 0.202 e. The molecule has 0 spiro atoms. The first-order valence-electron chi connectivity index (χ1n) is 9.08. The number of benzene rings is 1. The van der Waals surface area contributed by atoms with Gasteiger partial charge in [-0.2, -0.15) is 0 Å². The van der Waals surface area contributed by atoms with E-state index in [1.807, 2.05) is 0 Å². The Balaban J connectivity index is 1.94. The lowest BCUT2D eigenvalue weighted by Crippen LogP contribution is -2.57. The number of carbonyl (C=O) groups excluding carboxylic acids is 3. The van der Waals surface area contributed by atoms with Gasteiger partial charge in [0.15, 0.2) is 17.2 Å². The van der Waals surface area contributed by atoms with Crippen LogP contribution < -0.4 is 0 Å². The SMILES string of the molecule is CC(=O)C1=C(O)[C@]2(O)C(=O)C3=C(O)c4c(ccc(C)c4O)C[C@@H]3C[C@@H]2CC1=O. The summed E-state index contributed by atoms with van der Waals surface area (Å²) in [6.45, 7) is 2.74. The van der Waals surface area contributed by atoms with E-state index >= 15 is 0 Å².